The number of benzene rings is 1. The Balaban J connectivity index is 1.43. The third kappa shape index (κ3) is 6.19. The summed E-state index contributed by atoms with van der Waals surface area (Å²) in [6.07, 6.45) is 18.7. The molecule has 3 rings (SSSR count). The Morgan fingerprint density at radius 2 is 1.43 bits per heavy atom. The van der Waals surface area contributed by atoms with Gasteiger partial charge in [-0.3, -0.25) is 4.98 Å². The largest absolute Gasteiger partial charge is 0.260 e. The Bertz CT molecular complexity index is 662. The Kier molecular flexibility index (Phi) is 8.58. The molecule has 1 heteroatoms. The lowest BCUT2D eigenvalue weighted by atomic mass is 9.78. The summed E-state index contributed by atoms with van der Waals surface area (Å²) in [7, 11) is 0. The van der Waals surface area contributed by atoms with Gasteiger partial charge in [0.15, 0.2) is 0 Å². The summed E-state index contributed by atoms with van der Waals surface area (Å²) in [6, 6.07) is 13.5. The molecular weight excluding hydrogens is 338 g/mol. The van der Waals surface area contributed by atoms with Gasteiger partial charge in [0, 0.05) is 23.4 Å². The first-order valence-corrected chi connectivity index (χ1v) is 11.9. The summed E-state index contributed by atoms with van der Waals surface area (Å²) in [5.41, 5.74) is 5.22. The van der Waals surface area contributed by atoms with Crippen molar-refractivity contribution in [2.45, 2.75) is 96.8 Å². The predicted molar refractivity (Wildman–Crippen MR) is 122 cm³/mol. The standard InChI is InChI=1S/C27H39N/c1-3-5-6-7-8-9-10-23-13-17-25(18-14-23)27-20-19-26(21-28-27)24-15-11-22(4-2)12-16-24/h11-12,15-16,19-21,23,25H,3-10,13-14,17-18H2,1-2H3. The smallest absolute Gasteiger partial charge is 0.0434 e. The minimum atomic E-state index is 0.678. The highest BCUT2D eigenvalue weighted by molar-refractivity contribution is 5.62. The van der Waals surface area contributed by atoms with Crippen molar-refractivity contribution in [2.75, 3.05) is 0 Å². The van der Waals surface area contributed by atoms with Gasteiger partial charge in [0.2, 0.25) is 0 Å². The number of rotatable bonds is 10. The van der Waals surface area contributed by atoms with Gasteiger partial charge in [-0.2, -0.15) is 0 Å². The highest BCUT2D eigenvalue weighted by Crippen LogP contribution is 2.37. The SMILES string of the molecule is CCCCCCCCC1CCC(c2ccc(-c3ccc(CC)cc3)cn2)CC1. The molecule has 2 aromatic rings. The molecule has 1 aliphatic carbocycles. The fourth-order valence-electron chi connectivity index (χ4n) is 4.71. The first-order chi connectivity index (χ1) is 13.8. The molecule has 152 valence electrons. The molecule has 0 atom stereocenters. The molecule has 1 aromatic carbocycles. The summed E-state index contributed by atoms with van der Waals surface area (Å²) >= 11 is 0. The normalized spacial score (nSPS) is 19.6. The van der Waals surface area contributed by atoms with Crippen molar-refractivity contribution in [2.24, 2.45) is 5.92 Å². The number of aryl methyl sites for hydroxylation is 1. The van der Waals surface area contributed by atoms with Crippen LogP contribution >= 0.6 is 0 Å². The summed E-state index contributed by atoms with van der Waals surface area (Å²) in [5, 5.41) is 0. The van der Waals surface area contributed by atoms with E-state index in [-0.39, 0.29) is 0 Å². The molecule has 0 bridgehead atoms. The van der Waals surface area contributed by atoms with Crippen LogP contribution in [0.1, 0.15) is 102 Å². The van der Waals surface area contributed by atoms with E-state index in [9.17, 15) is 0 Å². The second-order valence-electron chi connectivity index (χ2n) is 8.80. The Morgan fingerprint density at radius 1 is 0.750 bits per heavy atom. The molecule has 0 N–H and O–H groups in total. The molecule has 0 aliphatic heterocycles. The number of hydrogen-bond acceptors (Lipinski definition) is 1. The van der Waals surface area contributed by atoms with E-state index in [1.54, 1.807) is 0 Å². The molecule has 1 aromatic heterocycles. The lowest BCUT2D eigenvalue weighted by molar-refractivity contribution is 0.299. The molecule has 1 aliphatic rings. The maximum atomic E-state index is 4.85. The quantitative estimate of drug-likeness (QED) is 0.379. The van der Waals surface area contributed by atoms with Crippen LogP contribution in [-0.4, -0.2) is 4.98 Å². The Labute approximate surface area is 173 Å². The van der Waals surface area contributed by atoms with Crippen molar-refractivity contribution in [1.29, 1.82) is 0 Å². The second-order valence-corrected chi connectivity index (χ2v) is 8.80. The van der Waals surface area contributed by atoms with Gasteiger partial charge in [-0.25, -0.2) is 0 Å². The third-order valence-corrected chi connectivity index (χ3v) is 6.71. The van der Waals surface area contributed by atoms with Crippen LogP contribution in [-0.2, 0) is 6.42 Å². The van der Waals surface area contributed by atoms with Crippen LogP contribution < -0.4 is 0 Å². The van der Waals surface area contributed by atoms with Crippen molar-refractivity contribution < 1.29 is 0 Å². The molecule has 0 unspecified atom stereocenters. The highest BCUT2D eigenvalue weighted by atomic mass is 14.7. The summed E-state index contributed by atoms with van der Waals surface area (Å²) in [4.78, 5) is 4.85. The van der Waals surface area contributed by atoms with Crippen LogP contribution in [0.15, 0.2) is 42.6 Å². The van der Waals surface area contributed by atoms with E-state index in [2.05, 4.69) is 56.4 Å². The molecule has 28 heavy (non-hydrogen) atoms. The highest BCUT2D eigenvalue weighted by Gasteiger charge is 2.22. The zero-order valence-electron chi connectivity index (χ0n) is 18.1. The molecule has 0 amide bonds. The van der Waals surface area contributed by atoms with Crippen LogP contribution in [0.2, 0.25) is 0 Å². The van der Waals surface area contributed by atoms with Crippen LogP contribution in [0.25, 0.3) is 11.1 Å². The molecule has 0 saturated heterocycles. The van der Waals surface area contributed by atoms with Crippen molar-refractivity contribution in [3.8, 4) is 11.1 Å². The van der Waals surface area contributed by atoms with Gasteiger partial charge in [0.05, 0.1) is 0 Å². The van der Waals surface area contributed by atoms with Crippen molar-refractivity contribution in [3.63, 3.8) is 0 Å². The minimum absolute atomic E-state index is 0.678. The van der Waals surface area contributed by atoms with E-state index < -0.39 is 0 Å². The van der Waals surface area contributed by atoms with Gasteiger partial charge in [-0.05, 0) is 55.2 Å². The first kappa shape index (κ1) is 21.1. The average Bonchev–Trinajstić information content (AvgIpc) is 2.77. The van der Waals surface area contributed by atoms with Crippen LogP contribution in [0.5, 0.6) is 0 Å². The number of nitrogens with zero attached hydrogens (tertiary/aromatic N) is 1. The zero-order chi connectivity index (χ0) is 19.6. The molecule has 0 radical (unpaired) electrons. The summed E-state index contributed by atoms with van der Waals surface area (Å²) in [6.45, 7) is 4.50. The van der Waals surface area contributed by atoms with Gasteiger partial charge < -0.3 is 0 Å². The minimum Gasteiger partial charge on any atom is -0.260 e. The topological polar surface area (TPSA) is 12.9 Å². The number of aromatic nitrogens is 1. The summed E-state index contributed by atoms with van der Waals surface area (Å²) < 4.78 is 0. The second kappa shape index (κ2) is 11.4. The van der Waals surface area contributed by atoms with Crippen LogP contribution in [0.3, 0.4) is 0 Å². The van der Waals surface area contributed by atoms with Crippen LogP contribution in [0, 0.1) is 5.92 Å². The lowest BCUT2D eigenvalue weighted by Gasteiger charge is -2.28. The zero-order valence-corrected chi connectivity index (χ0v) is 18.1. The number of pyridine rings is 1. The van der Waals surface area contributed by atoms with Gasteiger partial charge in [-0.1, -0.05) is 89.1 Å². The van der Waals surface area contributed by atoms with Crippen LogP contribution in [0.4, 0.5) is 0 Å². The molecule has 1 heterocycles. The van der Waals surface area contributed by atoms with E-state index in [0.717, 1.165) is 12.3 Å². The lowest BCUT2D eigenvalue weighted by Crippen LogP contribution is -2.14. The number of hydrogen-bond donors (Lipinski definition) is 0. The molecule has 1 saturated carbocycles. The summed E-state index contributed by atoms with van der Waals surface area (Å²) in [5.74, 6) is 1.65. The maximum absolute atomic E-state index is 4.85. The van der Waals surface area contributed by atoms with E-state index in [1.165, 1.54) is 93.0 Å². The third-order valence-electron chi connectivity index (χ3n) is 6.71. The maximum Gasteiger partial charge on any atom is 0.0434 e. The van der Waals surface area contributed by atoms with Gasteiger partial charge in [0.25, 0.3) is 0 Å². The fraction of sp³-hybridized carbons (Fsp3) is 0.593. The van der Waals surface area contributed by atoms with E-state index in [1.807, 2.05) is 0 Å². The van der Waals surface area contributed by atoms with E-state index in [4.69, 9.17) is 4.98 Å². The van der Waals surface area contributed by atoms with Gasteiger partial charge in [-0.15, -0.1) is 0 Å². The van der Waals surface area contributed by atoms with Gasteiger partial charge in [0.1, 0.15) is 0 Å². The van der Waals surface area contributed by atoms with Crippen molar-refractivity contribution >= 4 is 0 Å². The van der Waals surface area contributed by atoms with Gasteiger partial charge >= 0.3 is 0 Å². The van der Waals surface area contributed by atoms with Crippen molar-refractivity contribution in [3.05, 3.63) is 53.9 Å². The van der Waals surface area contributed by atoms with E-state index >= 15 is 0 Å². The molecular formula is C27H39N. The monoisotopic (exact) mass is 377 g/mol. The number of unbranched alkanes of at least 4 members (excludes halogenated alkanes) is 5. The fourth-order valence-corrected chi connectivity index (χ4v) is 4.71. The van der Waals surface area contributed by atoms with Crippen molar-refractivity contribution in [1.82, 2.24) is 4.98 Å². The molecule has 1 fully saturated rings. The average molecular weight is 378 g/mol. The predicted octanol–water partition coefficient (Wildman–Crippen LogP) is 8.34. The molecule has 1 nitrogen and oxygen atoms in total. The Morgan fingerprint density at radius 3 is 2.07 bits per heavy atom. The Hall–Kier alpha value is -1.63. The van der Waals surface area contributed by atoms with E-state index in [0.29, 0.717) is 5.92 Å². The first-order valence-electron chi connectivity index (χ1n) is 11.9. The molecule has 0 spiro atoms.